The first kappa shape index (κ1) is 11.3. The smallest absolute Gasteiger partial charge is 0.260 e. The van der Waals surface area contributed by atoms with Gasteiger partial charge in [-0.15, -0.1) is 0 Å². The van der Waals surface area contributed by atoms with Gasteiger partial charge in [0.05, 0.1) is 0 Å². The van der Waals surface area contributed by atoms with Crippen LogP contribution in [0.5, 0.6) is 0 Å². The van der Waals surface area contributed by atoms with Crippen molar-refractivity contribution in [1.29, 1.82) is 0 Å². The molecule has 1 fully saturated rings. The second-order valence-electron chi connectivity index (χ2n) is 2.72. The van der Waals surface area contributed by atoms with Gasteiger partial charge < -0.3 is 0 Å². The van der Waals surface area contributed by atoms with Crippen molar-refractivity contribution in [3.05, 3.63) is 21.8 Å². The standard InChI is InChI=1S/C4H7NOS.C4H5NOS/c2*1-5-4(6)2-3-7-5/h2-3H2,1H3;2-3H,1H3. The third-order valence-corrected chi connectivity index (χ3v) is 3.42. The van der Waals surface area contributed by atoms with Crippen molar-refractivity contribution in [2.45, 2.75) is 6.42 Å². The molecule has 4 nitrogen and oxygen atoms in total. The summed E-state index contributed by atoms with van der Waals surface area (Å²) < 4.78 is 3.25. The third kappa shape index (κ3) is 3.19. The van der Waals surface area contributed by atoms with Gasteiger partial charge in [0.1, 0.15) is 0 Å². The number of hydrogen-bond acceptors (Lipinski definition) is 4. The Labute approximate surface area is 90.8 Å². The van der Waals surface area contributed by atoms with E-state index in [1.165, 1.54) is 11.5 Å². The quantitative estimate of drug-likeness (QED) is 0.625. The van der Waals surface area contributed by atoms with Crippen LogP contribution in [0.1, 0.15) is 6.42 Å². The Morgan fingerprint density at radius 2 is 2.07 bits per heavy atom. The Bertz CT molecular complexity index is 358. The summed E-state index contributed by atoms with van der Waals surface area (Å²) in [7, 11) is 3.55. The zero-order valence-corrected chi connectivity index (χ0v) is 9.73. The minimum absolute atomic E-state index is 0.0741. The predicted molar refractivity (Wildman–Crippen MR) is 59.4 cm³/mol. The number of aryl methyl sites for hydroxylation is 1. The van der Waals surface area contributed by atoms with E-state index in [1.54, 1.807) is 45.8 Å². The summed E-state index contributed by atoms with van der Waals surface area (Å²) in [6.07, 6.45) is 0.723. The Balaban J connectivity index is 0.000000140. The van der Waals surface area contributed by atoms with Gasteiger partial charge in [0.25, 0.3) is 5.56 Å². The molecular formula is C8H12N2O2S2. The molecule has 0 spiro atoms. The van der Waals surface area contributed by atoms with Crippen LogP contribution in [-0.2, 0) is 11.8 Å². The van der Waals surface area contributed by atoms with Crippen LogP contribution in [-0.4, -0.2) is 27.0 Å². The van der Waals surface area contributed by atoms with E-state index in [-0.39, 0.29) is 11.5 Å². The molecule has 2 rings (SSSR count). The van der Waals surface area contributed by atoms with Gasteiger partial charge in [-0.25, -0.2) is 0 Å². The van der Waals surface area contributed by atoms with Crippen molar-refractivity contribution in [2.24, 2.45) is 7.05 Å². The highest BCUT2D eigenvalue weighted by Gasteiger charge is 2.15. The summed E-state index contributed by atoms with van der Waals surface area (Å²) in [4.78, 5) is 20.9. The summed E-state index contributed by atoms with van der Waals surface area (Å²) in [5.74, 6) is 1.22. The molecule has 0 unspecified atom stereocenters. The number of carbonyl (C=O) groups excluding carboxylic acids is 1. The van der Waals surface area contributed by atoms with Gasteiger partial charge in [-0.3, -0.25) is 17.9 Å². The number of nitrogens with zero attached hydrogens (tertiary/aromatic N) is 2. The van der Waals surface area contributed by atoms with E-state index in [4.69, 9.17) is 0 Å². The van der Waals surface area contributed by atoms with Gasteiger partial charge in [-0.2, -0.15) is 0 Å². The van der Waals surface area contributed by atoms with E-state index in [2.05, 4.69) is 0 Å². The molecule has 0 radical (unpaired) electrons. The number of carbonyl (C=O) groups is 1. The summed E-state index contributed by atoms with van der Waals surface area (Å²) in [6, 6.07) is 1.55. The van der Waals surface area contributed by atoms with Crippen molar-refractivity contribution in [3.63, 3.8) is 0 Å². The fourth-order valence-corrected chi connectivity index (χ4v) is 2.14. The average Bonchev–Trinajstić information content (AvgIpc) is 2.67. The Morgan fingerprint density at radius 1 is 1.36 bits per heavy atom. The third-order valence-electron chi connectivity index (χ3n) is 1.69. The molecule has 6 heteroatoms. The van der Waals surface area contributed by atoms with Crippen LogP contribution in [0.2, 0.25) is 0 Å². The molecular weight excluding hydrogens is 220 g/mol. The second kappa shape index (κ2) is 5.21. The van der Waals surface area contributed by atoms with E-state index in [9.17, 15) is 9.59 Å². The van der Waals surface area contributed by atoms with Crippen LogP contribution in [0.3, 0.4) is 0 Å². The lowest BCUT2D eigenvalue weighted by Crippen LogP contribution is -2.10. The van der Waals surface area contributed by atoms with Gasteiger partial charge >= 0.3 is 0 Å². The highest BCUT2D eigenvalue weighted by atomic mass is 32.2. The molecule has 0 aromatic carbocycles. The zero-order chi connectivity index (χ0) is 10.6. The molecule has 0 saturated carbocycles. The maximum absolute atomic E-state index is 10.5. The number of amides is 1. The molecule has 1 aromatic rings. The first-order valence-electron chi connectivity index (χ1n) is 4.11. The zero-order valence-electron chi connectivity index (χ0n) is 8.10. The van der Waals surface area contributed by atoms with Crippen molar-refractivity contribution in [2.75, 3.05) is 12.8 Å². The molecule has 14 heavy (non-hydrogen) atoms. The molecule has 1 amide bonds. The second-order valence-corrected chi connectivity index (χ2v) is 4.96. The topological polar surface area (TPSA) is 42.3 Å². The normalized spacial score (nSPS) is 15.3. The highest BCUT2D eigenvalue weighted by molar-refractivity contribution is 7.97. The fraction of sp³-hybridized carbons (Fsp3) is 0.500. The number of rotatable bonds is 0. The monoisotopic (exact) mass is 232 g/mol. The van der Waals surface area contributed by atoms with E-state index in [0.717, 1.165) is 12.2 Å². The first-order chi connectivity index (χ1) is 6.61. The number of hydrogen-bond donors (Lipinski definition) is 0. The lowest BCUT2D eigenvalue weighted by atomic mass is 10.5. The molecule has 2 heterocycles. The van der Waals surface area contributed by atoms with Crippen LogP contribution in [0.15, 0.2) is 16.2 Å². The summed E-state index contributed by atoms with van der Waals surface area (Å²) in [5.41, 5.74) is 0.0741. The minimum atomic E-state index is 0.0741. The van der Waals surface area contributed by atoms with Crippen molar-refractivity contribution in [3.8, 4) is 0 Å². The Kier molecular flexibility index (Phi) is 4.21. The molecule has 78 valence electrons. The predicted octanol–water partition coefficient (Wildman–Crippen LogP) is 0.943. The van der Waals surface area contributed by atoms with Gasteiger partial charge in [0, 0.05) is 37.7 Å². The van der Waals surface area contributed by atoms with Crippen LogP contribution in [0.25, 0.3) is 0 Å². The van der Waals surface area contributed by atoms with Gasteiger partial charge in [-0.1, -0.05) is 11.5 Å². The maximum Gasteiger partial charge on any atom is 0.260 e. The largest absolute Gasteiger partial charge is 0.289 e. The van der Waals surface area contributed by atoms with E-state index in [0.29, 0.717) is 0 Å². The van der Waals surface area contributed by atoms with Crippen LogP contribution in [0, 0.1) is 0 Å². The van der Waals surface area contributed by atoms with Crippen molar-refractivity contribution < 1.29 is 4.79 Å². The van der Waals surface area contributed by atoms with Gasteiger partial charge in [-0.05, 0) is 11.9 Å². The minimum Gasteiger partial charge on any atom is -0.289 e. The molecule has 0 atom stereocenters. The average molecular weight is 232 g/mol. The molecule has 0 bridgehead atoms. The van der Waals surface area contributed by atoms with Crippen LogP contribution in [0.4, 0.5) is 0 Å². The van der Waals surface area contributed by atoms with Crippen molar-refractivity contribution in [1.82, 2.24) is 8.26 Å². The van der Waals surface area contributed by atoms with Crippen LogP contribution >= 0.6 is 23.5 Å². The molecule has 1 saturated heterocycles. The summed E-state index contributed by atoms with van der Waals surface area (Å²) >= 11 is 3.00. The van der Waals surface area contributed by atoms with Crippen LogP contribution < -0.4 is 5.56 Å². The van der Waals surface area contributed by atoms with Gasteiger partial charge in [0.2, 0.25) is 5.91 Å². The highest BCUT2D eigenvalue weighted by Crippen LogP contribution is 2.17. The van der Waals surface area contributed by atoms with Crippen molar-refractivity contribution >= 4 is 29.4 Å². The SMILES string of the molecule is CN1SCCC1=O.Cn1sccc1=O. The van der Waals surface area contributed by atoms with Gasteiger partial charge in [0.15, 0.2) is 0 Å². The summed E-state index contributed by atoms with van der Waals surface area (Å²) in [5, 5.41) is 1.77. The lowest BCUT2D eigenvalue weighted by Gasteiger charge is -2.01. The lowest BCUT2D eigenvalue weighted by molar-refractivity contribution is -0.124. The summed E-state index contributed by atoms with van der Waals surface area (Å²) in [6.45, 7) is 0. The molecule has 0 N–H and O–H groups in total. The maximum atomic E-state index is 10.5. The molecule has 1 aromatic heterocycles. The molecule has 1 aliphatic rings. The molecule has 0 aliphatic carbocycles. The van der Waals surface area contributed by atoms with E-state index >= 15 is 0 Å². The van der Waals surface area contributed by atoms with E-state index in [1.807, 2.05) is 0 Å². The Hall–Kier alpha value is -0.750. The van der Waals surface area contributed by atoms with E-state index < -0.39 is 0 Å². The number of aromatic nitrogens is 1. The fourth-order valence-electron chi connectivity index (χ4n) is 0.836. The first-order valence-corrected chi connectivity index (χ1v) is 5.89. The Morgan fingerprint density at radius 3 is 2.21 bits per heavy atom. The molecule has 1 aliphatic heterocycles.